The maximum Gasteiger partial charge on any atom is 0.234 e. The average Bonchev–Trinajstić information content (AvgIpc) is 2.69. The molecule has 0 aliphatic carbocycles. The molecule has 3 unspecified atom stereocenters. The Balaban J connectivity index is 1.74. The highest BCUT2D eigenvalue weighted by Crippen LogP contribution is 2.46. The SMILES string of the molecule is CCC1(C)CNCCC1(O)c1ccc2ncc(C3CCC(=O)NC3=O)cc2c1. The number of hydrogen-bond acceptors (Lipinski definition) is 5. The Morgan fingerprint density at radius 1 is 1.29 bits per heavy atom. The lowest BCUT2D eigenvalue weighted by molar-refractivity contribution is -0.134. The van der Waals surface area contributed by atoms with Crippen molar-refractivity contribution in [2.75, 3.05) is 13.1 Å². The molecule has 4 rings (SSSR count). The molecule has 2 aliphatic heterocycles. The van der Waals surface area contributed by atoms with Crippen LogP contribution in [0.5, 0.6) is 0 Å². The Morgan fingerprint density at radius 3 is 2.86 bits per heavy atom. The Kier molecular flexibility index (Phi) is 4.71. The number of nitrogens with one attached hydrogen (secondary N) is 2. The minimum Gasteiger partial charge on any atom is -0.384 e. The number of amides is 2. The number of hydrogen-bond donors (Lipinski definition) is 3. The van der Waals surface area contributed by atoms with Crippen LogP contribution in [0.15, 0.2) is 30.5 Å². The fourth-order valence-corrected chi connectivity index (χ4v) is 4.60. The molecule has 28 heavy (non-hydrogen) atoms. The summed E-state index contributed by atoms with van der Waals surface area (Å²) in [5.74, 6) is -0.838. The topological polar surface area (TPSA) is 91.3 Å². The monoisotopic (exact) mass is 381 g/mol. The van der Waals surface area contributed by atoms with Crippen molar-refractivity contribution in [3.05, 3.63) is 41.6 Å². The first-order valence-electron chi connectivity index (χ1n) is 10.0. The van der Waals surface area contributed by atoms with E-state index in [1.807, 2.05) is 24.3 Å². The smallest absolute Gasteiger partial charge is 0.234 e. The molecular weight excluding hydrogens is 354 g/mol. The van der Waals surface area contributed by atoms with E-state index in [4.69, 9.17) is 0 Å². The van der Waals surface area contributed by atoms with Crippen molar-refractivity contribution in [1.29, 1.82) is 0 Å². The summed E-state index contributed by atoms with van der Waals surface area (Å²) in [6.45, 7) is 5.79. The number of nitrogens with zero attached hydrogens (tertiary/aromatic N) is 1. The van der Waals surface area contributed by atoms with E-state index in [1.54, 1.807) is 6.20 Å². The summed E-state index contributed by atoms with van der Waals surface area (Å²) < 4.78 is 0. The van der Waals surface area contributed by atoms with E-state index >= 15 is 0 Å². The zero-order valence-electron chi connectivity index (χ0n) is 16.4. The first kappa shape index (κ1) is 19.0. The maximum atomic E-state index is 12.2. The van der Waals surface area contributed by atoms with Gasteiger partial charge in [0.1, 0.15) is 0 Å². The number of carbonyl (C=O) groups excluding carboxylic acids is 2. The van der Waals surface area contributed by atoms with Gasteiger partial charge in [-0.05, 0) is 55.1 Å². The van der Waals surface area contributed by atoms with Gasteiger partial charge < -0.3 is 10.4 Å². The summed E-state index contributed by atoms with van der Waals surface area (Å²) in [6.07, 6.45) is 4.08. The lowest BCUT2D eigenvalue weighted by Crippen LogP contribution is -2.55. The molecule has 6 heteroatoms. The quantitative estimate of drug-likeness (QED) is 0.710. The van der Waals surface area contributed by atoms with Crippen LogP contribution in [0.4, 0.5) is 0 Å². The Bertz CT molecular complexity index is 944. The zero-order chi connectivity index (χ0) is 19.9. The molecule has 2 aliphatic rings. The normalized spacial score (nSPS) is 31.0. The summed E-state index contributed by atoms with van der Waals surface area (Å²) in [7, 11) is 0. The second-order valence-electron chi connectivity index (χ2n) is 8.38. The standard InChI is InChI=1S/C22H27N3O3/c1-3-21(2)13-23-9-8-22(21,28)16-4-6-18-14(11-16)10-15(12-24-18)17-5-7-19(26)25-20(17)27/h4,6,10-12,17,23,28H,3,5,7-9,13H2,1-2H3,(H,25,26,27). The van der Waals surface area contributed by atoms with E-state index in [9.17, 15) is 14.7 Å². The molecule has 0 saturated carbocycles. The van der Waals surface area contributed by atoms with E-state index in [-0.39, 0.29) is 23.1 Å². The molecule has 148 valence electrons. The van der Waals surface area contributed by atoms with Gasteiger partial charge in [-0.15, -0.1) is 0 Å². The highest BCUT2D eigenvalue weighted by molar-refractivity contribution is 6.01. The van der Waals surface area contributed by atoms with Crippen molar-refractivity contribution >= 4 is 22.7 Å². The number of rotatable bonds is 3. The maximum absolute atomic E-state index is 12.2. The predicted molar refractivity (Wildman–Crippen MR) is 107 cm³/mol. The fourth-order valence-electron chi connectivity index (χ4n) is 4.60. The lowest BCUT2D eigenvalue weighted by Gasteiger charge is -2.49. The number of fused-ring (bicyclic) bond motifs is 1. The number of aliphatic hydroxyl groups is 1. The minimum atomic E-state index is -0.911. The molecule has 2 fully saturated rings. The average molecular weight is 381 g/mol. The number of pyridine rings is 1. The Labute approximate surface area is 164 Å². The van der Waals surface area contributed by atoms with Crippen molar-refractivity contribution < 1.29 is 14.7 Å². The molecular formula is C22H27N3O3. The number of piperidine rings is 2. The van der Waals surface area contributed by atoms with Crippen LogP contribution in [0.2, 0.25) is 0 Å². The van der Waals surface area contributed by atoms with Crippen molar-refractivity contribution in [3.63, 3.8) is 0 Å². The number of benzene rings is 1. The summed E-state index contributed by atoms with van der Waals surface area (Å²) in [4.78, 5) is 28.2. The highest BCUT2D eigenvalue weighted by Gasteiger charge is 2.48. The van der Waals surface area contributed by atoms with Crippen LogP contribution in [0.25, 0.3) is 10.9 Å². The van der Waals surface area contributed by atoms with Crippen LogP contribution in [0, 0.1) is 5.41 Å². The number of carbonyl (C=O) groups is 2. The third-order valence-corrected chi connectivity index (χ3v) is 6.78. The zero-order valence-corrected chi connectivity index (χ0v) is 16.4. The second kappa shape index (κ2) is 6.94. The third kappa shape index (κ3) is 3.01. The van der Waals surface area contributed by atoms with Crippen LogP contribution in [0.3, 0.4) is 0 Å². The Hall–Kier alpha value is -2.31. The molecule has 2 aromatic rings. The van der Waals surface area contributed by atoms with Gasteiger partial charge in [0.2, 0.25) is 11.8 Å². The lowest BCUT2D eigenvalue weighted by atomic mass is 9.64. The molecule has 2 saturated heterocycles. The highest BCUT2D eigenvalue weighted by atomic mass is 16.3. The largest absolute Gasteiger partial charge is 0.384 e. The van der Waals surface area contributed by atoms with Gasteiger partial charge in [-0.25, -0.2) is 0 Å². The van der Waals surface area contributed by atoms with Gasteiger partial charge in [0, 0.05) is 30.0 Å². The van der Waals surface area contributed by atoms with Gasteiger partial charge in [0.05, 0.1) is 17.0 Å². The molecule has 6 nitrogen and oxygen atoms in total. The first-order chi connectivity index (χ1) is 13.4. The van der Waals surface area contributed by atoms with Crippen LogP contribution in [-0.4, -0.2) is 35.0 Å². The predicted octanol–water partition coefficient (Wildman–Crippen LogP) is 2.35. The third-order valence-electron chi connectivity index (χ3n) is 6.78. The fraction of sp³-hybridized carbons (Fsp3) is 0.500. The van der Waals surface area contributed by atoms with E-state index in [0.717, 1.165) is 41.5 Å². The van der Waals surface area contributed by atoms with Crippen molar-refractivity contribution in [1.82, 2.24) is 15.6 Å². The molecule has 0 spiro atoms. The van der Waals surface area contributed by atoms with Gasteiger partial charge in [-0.2, -0.15) is 0 Å². The van der Waals surface area contributed by atoms with Crippen LogP contribution in [-0.2, 0) is 15.2 Å². The van der Waals surface area contributed by atoms with Crippen molar-refractivity contribution in [3.8, 4) is 0 Å². The summed E-state index contributed by atoms with van der Waals surface area (Å²) in [5.41, 5.74) is 1.37. The Morgan fingerprint density at radius 2 is 2.11 bits per heavy atom. The van der Waals surface area contributed by atoms with Crippen LogP contribution >= 0.6 is 0 Å². The van der Waals surface area contributed by atoms with Crippen molar-refractivity contribution in [2.45, 2.75) is 51.0 Å². The molecule has 3 atom stereocenters. The molecule has 1 aromatic heterocycles. The summed E-state index contributed by atoms with van der Waals surface area (Å²) in [5, 5.41) is 18.4. The summed E-state index contributed by atoms with van der Waals surface area (Å²) in [6, 6.07) is 7.89. The van der Waals surface area contributed by atoms with Crippen LogP contribution in [0.1, 0.15) is 56.6 Å². The number of aromatic nitrogens is 1. The molecule has 3 heterocycles. The molecule has 0 radical (unpaired) electrons. The second-order valence-corrected chi connectivity index (χ2v) is 8.38. The van der Waals surface area contributed by atoms with Gasteiger partial charge >= 0.3 is 0 Å². The van der Waals surface area contributed by atoms with Crippen molar-refractivity contribution in [2.24, 2.45) is 5.41 Å². The summed E-state index contributed by atoms with van der Waals surface area (Å²) >= 11 is 0. The molecule has 3 N–H and O–H groups in total. The van der Waals surface area contributed by atoms with E-state index in [0.29, 0.717) is 19.3 Å². The molecule has 2 amide bonds. The van der Waals surface area contributed by atoms with Gasteiger partial charge in [0.15, 0.2) is 0 Å². The van der Waals surface area contributed by atoms with Gasteiger partial charge in [-0.1, -0.05) is 19.9 Å². The van der Waals surface area contributed by atoms with E-state index < -0.39 is 5.60 Å². The minimum absolute atomic E-state index is 0.218. The number of imide groups is 1. The van der Waals surface area contributed by atoms with E-state index in [1.165, 1.54) is 0 Å². The van der Waals surface area contributed by atoms with Gasteiger partial charge in [0.25, 0.3) is 0 Å². The van der Waals surface area contributed by atoms with Gasteiger partial charge in [-0.3, -0.25) is 19.9 Å². The van der Waals surface area contributed by atoms with E-state index in [2.05, 4.69) is 29.5 Å². The van der Waals surface area contributed by atoms with Crippen LogP contribution < -0.4 is 10.6 Å². The molecule has 1 aromatic carbocycles. The molecule has 0 bridgehead atoms. The first-order valence-corrected chi connectivity index (χ1v) is 10.0.